The Morgan fingerprint density at radius 3 is 2.72 bits per heavy atom. The number of morpholine rings is 1. The van der Waals surface area contributed by atoms with Crippen molar-refractivity contribution in [2.75, 3.05) is 20.2 Å². The summed E-state index contributed by atoms with van der Waals surface area (Å²) in [5.74, 6) is 0.551. The summed E-state index contributed by atoms with van der Waals surface area (Å²) in [4.78, 5) is 19.1. The fraction of sp³-hybridized carbons (Fsp3) is 0.280. The van der Waals surface area contributed by atoms with E-state index in [4.69, 9.17) is 9.47 Å². The van der Waals surface area contributed by atoms with Crippen LogP contribution in [-0.2, 0) is 16.0 Å². The van der Waals surface area contributed by atoms with Crippen LogP contribution < -0.4 is 4.74 Å². The van der Waals surface area contributed by atoms with Gasteiger partial charge in [0.25, 0.3) is 5.91 Å². The van der Waals surface area contributed by atoms with Crippen LogP contribution in [0.15, 0.2) is 60.7 Å². The van der Waals surface area contributed by atoms with Gasteiger partial charge in [-0.05, 0) is 61.7 Å². The number of carbonyl (C=O) groups excluding carboxylic acids is 1. The summed E-state index contributed by atoms with van der Waals surface area (Å²) in [6.07, 6.45) is 5.93. The highest BCUT2D eigenvalue weighted by Crippen LogP contribution is 2.27. The van der Waals surface area contributed by atoms with Gasteiger partial charge in [0.1, 0.15) is 17.7 Å². The largest absolute Gasteiger partial charge is 0.495 e. The molecule has 0 spiro atoms. The zero-order valence-electron chi connectivity index (χ0n) is 18.4. The van der Waals surface area contributed by atoms with Gasteiger partial charge in [0.05, 0.1) is 31.4 Å². The van der Waals surface area contributed by atoms with Gasteiger partial charge in [0.2, 0.25) is 0 Å². The number of halogens is 1. The van der Waals surface area contributed by atoms with Crippen LogP contribution in [-0.4, -0.2) is 46.7 Å². The number of ether oxygens (including phenoxy) is 2. The highest BCUT2D eigenvalue weighted by Gasteiger charge is 2.28. The number of nitrogens with zero attached hydrogens (tertiary/aromatic N) is 3. The molecule has 0 saturated carbocycles. The molecule has 1 aliphatic heterocycles. The molecule has 1 amide bonds. The number of benzene rings is 2. The van der Waals surface area contributed by atoms with Crippen LogP contribution >= 0.6 is 0 Å². The second kappa shape index (κ2) is 9.26. The number of carbonyl (C=O) groups is 1. The molecule has 32 heavy (non-hydrogen) atoms. The highest BCUT2D eigenvalue weighted by atomic mass is 19.1. The lowest BCUT2D eigenvalue weighted by molar-refractivity contribution is -0.138. The fourth-order valence-corrected chi connectivity index (χ4v) is 3.76. The monoisotopic (exact) mass is 435 g/mol. The zero-order valence-corrected chi connectivity index (χ0v) is 18.4. The van der Waals surface area contributed by atoms with Crippen LogP contribution in [0.5, 0.6) is 5.75 Å². The lowest BCUT2D eigenvalue weighted by Crippen LogP contribution is -2.45. The standard InChI is InChI=1S/C25H26FN3O3/c1-17-14-29(16-27-17)22-9-6-20(12-23(22)31-3)13-24-25(30)28(15-18(2)32-24)11-10-19-4-7-21(26)8-5-19/h4-9,12-14,16,18H,10-11,15H2,1-3H3/b24-13-/t18-/m0/s1. The molecule has 166 valence electrons. The van der Waals surface area contributed by atoms with Crippen molar-refractivity contribution in [1.29, 1.82) is 0 Å². The summed E-state index contributed by atoms with van der Waals surface area (Å²) in [6, 6.07) is 12.1. The fourth-order valence-electron chi connectivity index (χ4n) is 3.76. The van der Waals surface area contributed by atoms with Crippen LogP contribution in [0, 0.1) is 12.7 Å². The second-order valence-electron chi connectivity index (χ2n) is 7.92. The third kappa shape index (κ3) is 4.82. The molecule has 6 nitrogen and oxygen atoms in total. The Balaban J connectivity index is 1.53. The molecule has 2 aromatic carbocycles. The average Bonchev–Trinajstić information content (AvgIpc) is 3.22. The molecule has 0 unspecified atom stereocenters. The first kappa shape index (κ1) is 21.6. The number of rotatable bonds is 6. The van der Waals surface area contributed by atoms with E-state index in [1.54, 1.807) is 36.5 Å². The van der Waals surface area contributed by atoms with Crippen molar-refractivity contribution >= 4 is 12.0 Å². The normalized spacial score (nSPS) is 17.5. The van der Waals surface area contributed by atoms with E-state index in [1.807, 2.05) is 42.8 Å². The molecule has 2 heterocycles. The molecule has 1 aromatic heterocycles. The number of aryl methyl sites for hydroxylation is 1. The lowest BCUT2D eigenvalue weighted by Gasteiger charge is -2.33. The Hall–Kier alpha value is -3.61. The quantitative estimate of drug-likeness (QED) is 0.546. The molecule has 1 atom stereocenters. The Bertz CT molecular complexity index is 1140. The van der Waals surface area contributed by atoms with Crippen molar-refractivity contribution in [2.24, 2.45) is 0 Å². The molecule has 0 aliphatic carbocycles. The van der Waals surface area contributed by atoms with Gasteiger partial charge in [-0.25, -0.2) is 9.37 Å². The Kier molecular flexibility index (Phi) is 6.25. The third-order valence-corrected chi connectivity index (χ3v) is 5.38. The molecular weight excluding hydrogens is 409 g/mol. The average molecular weight is 435 g/mol. The molecule has 1 saturated heterocycles. The zero-order chi connectivity index (χ0) is 22.7. The summed E-state index contributed by atoms with van der Waals surface area (Å²) in [6.45, 7) is 4.92. The SMILES string of the molecule is COc1cc(/C=C2\O[C@@H](C)CN(CCc3ccc(F)cc3)C2=O)ccc1-n1cnc(C)c1. The van der Waals surface area contributed by atoms with Gasteiger partial charge in [-0.15, -0.1) is 0 Å². The topological polar surface area (TPSA) is 56.6 Å². The van der Waals surface area contributed by atoms with Crippen molar-refractivity contribution in [3.8, 4) is 11.4 Å². The lowest BCUT2D eigenvalue weighted by atomic mass is 10.1. The van der Waals surface area contributed by atoms with E-state index in [9.17, 15) is 9.18 Å². The first-order valence-electron chi connectivity index (χ1n) is 10.5. The Morgan fingerprint density at radius 1 is 1.25 bits per heavy atom. The van der Waals surface area contributed by atoms with Gasteiger partial charge in [-0.2, -0.15) is 0 Å². The number of methoxy groups -OCH3 is 1. The van der Waals surface area contributed by atoms with Crippen LogP contribution in [0.1, 0.15) is 23.7 Å². The maximum Gasteiger partial charge on any atom is 0.289 e. The summed E-state index contributed by atoms with van der Waals surface area (Å²) >= 11 is 0. The maximum atomic E-state index is 13.1. The smallest absolute Gasteiger partial charge is 0.289 e. The molecule has 7 heteroatoms. The summed E-state index contributed by atoms with van der Waals surface area (Å²) in [5.41, 5.74) is 3.56. The third-order valence-electron chi connectivity index (χ3n) is 5.38. The second-order valence-corrected chi connectivity index (χ2v) is 7.92. The molecule has 1 aliphatic rings. The minimum absolute atomic E-state index is 0.123. The van der Waals surface area contributed by atoms with Gasteiger partial charge < -0.3 is 18.9 Å². The van der Waals surface area contributed by atoms with E-state index in [2.05, 4.69) is 4.98 Å². The predicted octanol–water partition coefficient (Wildman–Crippen LogP) is 4.16. The number of amides is 1. The maximum absolute atomic E-state index is 13.1. The Labute approximate surface area is 186 Å². The van der Waals surface area contributed by atoms with Crippen LogP contribution in [0.25, 0.3) is 11.8 Å². The molecular formula is C25H26FN3O3. The number of aromatic nitrogens is 2. The van der Waals surface area contributed by atoms with Crippen molar-refractivity contribution < 1.29 is 18.7 Å². The van der Waals surface area contributed by atoms with Crippen LogP contribution in [0.3, 0.4) is 0 Å². The van der Waals surface area contributed by atoms with E-state index in [-0.39, 0.29) is 17.8 Å². The molecule has 0 N–H and O–H groups in total. The predicted molar refractivity (Wildman–Crippen MR) is 120 cm³/mol. The van der Waals surface area contributed by atoms with Gasteiger partial charge in [-0.3, -0.25) is 4.79 Å². The molecule has 0 bridgehead atoms. The van der Waals surface area contributed by atoms with Crippen LogP contribution in [0.4, 0.5) is 4.39 Å². The first-order valence-corrected chi connectivity index (χ1v) is 10.5. The Morgan fingerprint density at radius 2 is 2.03 bits per heavy atom. The van der Waals surface area contributed by atoms with Crippen molar-refractivity contribution in [3.05, 3.63) is 83.4 Å². The van der Waals surface area contributed by atoms with Gasteiger partial charge in [-0.1, -0.05) is 18.2 Å². The van der Waals surface area contributed by atoms with E-state index in [0.717, 1.165) is 22.5 Å². The molecule has 3 aromatic rings. The van der Waals surface area contributed by atoms with Crippen molar-refractivity contribution in [2.45, 2.75) is 26.4 Å². The number of hydrogen-bond acceptors (Lipinski definition) is 4. The van der Waals surface area contributed by atoms with Gasteiger partial charge >= 0.3 is 0 Å². The molecule has 1 fully saturated rings. The van der Waals surface area contributed by atoms with Crippen LogP contribution in [0.2, 0.25) is 0 Å². The van der Waals surface area contributed by atoms with Crippen molar-refractivity contribution in [1.82, 2.24) is 14.5 Å². The minimum Gasteiger partial charge on any atom is -0.495 e. The van der Waals surface area contributed by atoms with Gasteiger partial charge in [0.15, 0.2) is 5.76 Å². The summed E-state index contributed by atoms with van der Waals surface area (Å²) in [7, 11) is 1.61. The highest BCUT2D eigenvalue weighted by molar-refractivity contribution is 5.96. The summed E-state index contributed by atoms with van der Waals surface area (Å²) < 4.78 is 26.4. The van der Waals surface area contributed by atoms with Crippen molar-refractivity contribution in [3.63, 3.8) is 0 Å². The van der Waals surface area contributed by atoms with E-state index < -0.39 is 0 Å². The van der Waals surface area contributed by atoms with E-state index in [1.165, 1.54) is 12.1 Å². The molecule has 4 rings (SSSR count). The van der Waals surface area contributed by atoms with E-state index >= 15 is 0 Å². The summed E-state index contributed by atoms with van der Waals surface area (Å²) in [5, 5.41) is 0. The number of imidazole rings is 1. The van der Waals surface area contributed by atoms with Gasteiger partial charge in [0, 0.05) is 12.7 Å². The minimum atomic E-state index is -0.264. The number of hydrogen-bond donors (Lipinski definition) is 0. The van der Waals surface area contributed by atoms with E-state index in [0.29, 0.717) is 31.0 Å². The molecule has 0 radical (unpaired) electrons. The first-order chi connectivity index (χ1) is 15.4.